The minimum Gasteiger partial charge on any atom is -0.457 e. The lowest BCUT2D eigenvalue weighted by atomic mass is 9.94. The van der Waals surface area contributed by atoms with Gasteiger partial charge in [0.25, 0.3) is 0 Å². The molecular formula is C27H20O3. The topological polar surface area (TPSA) is 43.4 Å². The Bertz CT molecular complexity index is 1150. The highest BCUT2D eigenvalue weighted by molar-refractivity contribution is 6.14. The van der Waals surface area contributed by atoms with Crippen LogP contribution in [0.4, 0.5) is 0 Å². The van der Waals surface area contributed by atoms with E-state index in [9.17, 15) is 9.59 Å². The Labute approximate surface area is 175 Å². The van der Waals surface area contributed by atoms with Crippen molar-refractivity contribution in [2.24, 2.45) is 0 Å². The fourth-order valence-corrected chi connectivity index (χ4v) is 3.27. The summed E-state index contributed by atoms with van der Waals surface area (Å²) in [7, 11) is 0. The molecule has 146 valence electrons. The Kier molecular flexibility index (Phi) is 5.81. The number of hydrogen-bond acceptors (Lipinski definition) is 3. The highest BCUT2D eigenvalue weighted by atomic mass is 16.5. The molecule has 3 nitrogen and oxygen atoms in total. The SMILES string of the molecule is O=C(OCc1ccccc1)c1cc(-c2ccccc2)ccc1C(=O)c1ccccc1. The molecule has 0 fully saturated rings. The summed E-state index contributed by atoms with van der Waals surface area (Å²) in [4.78, 5) is 26.1. The van der Waals surface area contributed by atoms with Crippen molar-refractivity contribution in [1.29, 1.82) is 0 Å². The maximum Gasteiger partial charge on any atom is 0.339 e. The Balaban J connectivity index is 1.70. The molecule has 30 heavy (non-hydrogen) atoms. The highest BCUT2D eigenvalue weighted by Crippen LogP contribution is 2.25. The standard InChI is InChI=1S/C27H20O3/c28-26(22-14-8-3-9-15-22)24-17-16-23(21-12-6-2-7-13-21)18-25(24)27(29)30-19-20-10-4-1-5-11-20/h1-18H,19H2. The summed E-state index contributed by atoms with van der Waals surface area (Å²) >= 11 is 0. The molecule has 4 aromatic carbocycles. The van der Waals surface area contributed by atoms with Gasteiger partial charge in [-0.2, -0.15) is 0 Å². The van der Waals surface area contributed by atoms with Crippen LogP contribution in [0.2, 0.25) is 0 Å². The molecule has 0 aliphatic heterocycles. The Hall–Kier alpha value is -3.98. The van der Waals surface area contributed by atoms with Crippen molar-refractivity contribution < 1.29 is 14.3 Å². The zero-order valence-electron chi connectivity index (χ0n) is 16.3. The van der Waals surface area contributed by atoms with Crippen LogP contribution < -0.4 is 0 Å². The maximum absolute atomic E-state index is 13.1. The number of benzene rings is 4. The summed E-state index contributed by atoms with van der Waals surface area (Å²) < 4.78 is 5.54. The molecular weight excluding hydrogens is 372 g/mol. The first-order valence-corrected chi connectivity index (χ1v) is 9.72. The van der Waals surface area contributed by atoms with Crippen LogP contribution in [-0.4, -0.2) is 11.8 Å². The second-order valence-corrected chi connectivity index (χ2v) is 6.88. The van der Waals surface area contributed by atoms with Crippen molar-refractivity contribution >= 4 is 11.8 Å². The molecule has 0 amide bonds. The monoisotopic (exact) mass is 392 g/mol. The predicted octanol–water partition coefficient (Wildman–Crippen LogP) is 5.94. The third-order valence-corrected chi connectivity index (χ3v) is 4.84. The molecule has 0 aliphatic carbocycles. The fraction of sp³-hybridized carbons (Fsp3) is 0.0370. The van der Waals surface area contributed by atoms with Gasteiger partial charge in [0.05, 0.1) is 5.56 Å². The molecule has 0 saturated heterocycles. The quantitative estimate of drug-likeness (QED) is 0.301. The summed E-state index contributed by atoms with van der Waals surface area (Å²) in [5, 5.41) is 0. The molecule has 3 heteroatoms. The molecule has 4 aromatic rings. The van der Waals surface area contributed by atoms with E-state index in [4.69, 9.17) is 4.74 Å². The van der Waals surface area contributed by atoms with Crippen molar-refractivity contribution in [2.75, 3.05) is 0 Å². The van der Waals surface area contributed by atoms with Crippen LogP contribution in [-0.2, 0) is 11.3 Å². The number of hydrogen-bond donors (Lipinski definition) is 0. The minimum atomic E-state index is -0.518. The van der Waals surface area contributed by atoms with Crippen LogP contribution in [0, 0.1) is 0 Å². The lowest BCUT2D eigenvalue weighted by Crippen LogP contribution is -2.13. The summed E-state index contributed by atoms with van der Waals surface area (Å²) in [5.74, 6) is -0.724. The third kappa shape index (κ3) is 4.36. The van der Waals surface area contributed by atoms with E-state index in [1.165, 1.54) is 0 Å². The zero-order valence-corrected chi connectivity index (χ0v) is 16.3. The van der Waals surface area contributed by atoms with Crippen LogP contribution >= 0.6 is 0 Å². The first-order chi connectivity index (χ1) is 14.7. The Morgan fingerprint density at radius 3 is 1.87 bits per heavy atom. The third-order valence-electron chi connectivity index (χ3n) is 4.84. The van der Waals surface area contributed by atoms with Gasteiger partial charge in [0.1, 0.15) is 6.61 Å². The highest BCUT2D eigenvalue weighted by Gasteiger charge is 2.20. The first-order valence-electron chi connectivity index (χ1n) is 9.72. The molecule has 4 rings (SSSR count). The molecule has 0 radical (unpaired) electrons. The van der Waals surface area contributed by atoms with Crippen LogP contribution in [0.15, 0.2) is 109 Å². The van der Waals surface area contributed by atoms with E-state index in [-0.39, 0.29) is 18.0 Å². The number of ketones is 1. The zero-order chi connectivity index (χ0) is 20.8. The van der Waals surface area contributed by atoms with E-state index >= 15 is 0 Å². The lowest BCUT2D eigenvalue weighted by Gasteiger charge is -2.12. The van der Waals surface area contributed by atoms with Crippen molar-refractivity contribution in [1.82, 2.24) is 0 Å². The molecule has 0 saturated carbocycles. The number of carbonyl (C=O) groups excluding carboxylic acids is 2. The molecule has 0 heterocycles. The summed E-state index contributed by atoms with van der Waals surface area (Å²) in [6, 6.07) is 33.5. The van der Waals surface area contributed by atoms with E-state index in [1.807, 2.05) is 72.8 Å². The van der Waals surface area contributed by atoms with E-state index < -0.39 is 5.97 Å². The molecule has 0 aliphatic rings. The molecule has 0 bridgehead atoms. The van der Waals surface area contributed by atoms with Gasteiger partial charge < -0.3 is 4.74 Å². The van der Waals surface area contributed by atoms with Gasteiger partial charge in [-0.05, 0) is 28.8 Å². The fourth-order valence-electron chi connectivity index (χ4n) is 3.27. The van der Waals surface area contributed by atoms with Crippen molar-refractivity contribution in [3.63, 3.8) is 0 Å². The second kappa shape index (κ2) is 9.01. The van der Waals surface area contributed by atoms with E-state index in [0.717, 1.165) is 16.7 Å². The summed E-state index contributed by atoms with van der Waals surface area (Å²) in [6.45, 7) is 0.147. The van der Waals surface area contributed by atoms with Crippen LogP contribution in [0.1, 0.15) is 31.8 Å². The van der Waals surface area contributed by atoms with Crippen molar-refractivity contribution in [3.8, 4) is 11.1 Å². The molecule has 0 spiro atoms. The van der Waals surface area contributed by atoms with E-state index in [2.05, 4.69) is 0 Å². The lowest BCUT2D eigenvalue weighted by molar-refractivity contribution is 0.0470. The van der Waals surface area contributed by atoms with E-state index in [0.29, 0.717) is 11.1 Å². The summed E-state index contributed by atoms with van der Waals surface area (Å²) in [5.41, 5.74) is 3.84. The number of carbonyl (C=O) groups is 2. The second-order valence-electron chi connectivity index (χ2n) is 6.88. The van der Waals surface area contributed by atoms with Crippen LogP contribution in [0.25, 0.3) is 11.1 Å². The molecule has 0 aromatic heterocycles. The van der Waals surface area contributed by atoms with Crippen LogP contribution in [0.5, 0.6) is 0 Å². The van der Waals surface area contributed by atoms with Gasteiger partial charge in [-0.1, -0.05) is 97.1 Å². The van der Waals surface area contributed by atoms with Crippen molar-refractivity contribution in [3.05, 3.63) is 131 Å². The maximum atomic E-state index is 13.1. The van der Waals surface area contributed by atoms with Gasteiger partial charge in [0.15, 0.2) is 5.78 Å². The molecule has 0 atom stereocenters. The Morgan fingerprint density at radius 2 is 1.20 bits per heavy atom. The molecule has 0 N–H and O–H groups in total. The minimum absolute atomic E-state index is 0.147. The van der Waals surface area contributed by atoms with Crippen molar-refractivity contribution in [2.45, 2.75) is 6.61 Å². The predicted molar refractivity (Wildman–Crippen MR) is 117 cm³/mol. The van der Waals surface area contributed by atoms with Gasteiger partial charge in [0.2, 0.25) is 0 Å². The Morgan fingerprint density at radius 1 is 0.600 bits per heavy atom. The number of ether oxygens (including phenoxy) is 1. The first kappa shape index (κ1) is 19.3. The average Bonchev–Trinajstić information content (AvgIpc) is 2.83. The molecule has 0 unspecified atom stereocenters. The van der Waals surface area contributed by atoms with Gasteiger partial charge in [0, 0.05) is 11.1 Å². The number of esters is 1. The van der Waals surface area contributed by atoms with Gasteiger partial charge in [-0.15, -0.1) is 0 Å². The van der Waals surface area contributed by atoms with Gasteiger partial charge >= 0.3 is 5.97 Å². The average molecular weight is 392 g/mol. The number of rotatable bonds is 6. The van der Waals surface area contributed by atoms with Gasteiger partial charge in [-0.3, -0.25) is 4.79 Å². The smallest absolute Gasteiger partial charge is 0.339 e. The summed E-state index contributed by atoms with van der Waals surface area (Å²) in [6.07, 6.45) is 0. The van der Waals surface area contributed by atoms with Crippen LogP contribution in [0.3, 0.4) is 0 Å². The largest absolute Gasteiger partial charge is 0.457 e. The normalized spacial score (nSPS) is 10.4. The van der Waals surface area contributed by atoms with E-state index in [1.54, 1.807) is 36.4 Å². The van der Waals surface area contributed by atoms with Gasteiger partial charge in [-0.25, -0.2) is 4.79 Å².